The molecule has 6 heteroatoms. The Kier molecular flexibility index (Phi) is 4.74. The van der Waals surface area contributed by atoms with Crippen LogP contribution in [0.1, 0.15) is 23.2 Å². The number of fused-ring (bicyclic) bond motifs is 4. The van der Waals surface area contributed by atoms with Gasteiger partial charge in [-0.1, -0.05) is 30.3 Å². The summed E-state index contributed by atoms with van der Waals surface area (Å²) in [4.78, 5) is 28.3. The Labute approximate surface area is 198 Å². The molecule has 2 aliphatic heterocycles. The largest absolute Gasteiger partial charge is 0.350 e. The summed E-state index contributed by atoms with van der Waals surface area (Å²) in [6.07, 6.45) is 4.15. The molecule has 2 aromatic heterocycles. The Morgan fingerprint density at radius 2 is 1.79 bits per heavy atom. The van der Waals surface area contributed by atoms with Crippen LogP contribution < -0.4 is 5.32 Å². The van der Waals surface area contributed by atoms with E-state index in [0.717, 1.165) is 53.5 Å². The summed E-state index contributed by atoms with van der Waals surface area (Å²) in [6, 6.07) is 16.4. The number of benzene rings is 2. The van der Waals surface area contributed by atoms with E-state index < -0.39 is 0 Å². The third kappa shape index (κ3) is 3.21. The maximum Gasteiger partial charge on any atom is 0.259 e. The Hall–Kier alpha value is -3.64. The summed E-state index contributed by atoms with van der Waals surface area (Å²) in [7, 11) is 6.22. The van der Waals surface area contributed by atoms with Crippen LogP contribution in [0.3, 0.4) is 0 Å². The first-order valence-electron chi connectivity index (χ1n) is 11.8. The molecule has 2 aromatic carbocycles. The average molecular weight is 453 g/mol. The van der Waals surface area contributed by atoms with E-state index in [1.165, 1.54) is 11.1 Å². The van der Waals surface area contributed by atoms with Crippen molar-refractivity contribution in [1.82, 2.24) is 19.4 Å². The second kappa shape index (κ2) is 7.71. The molecule has 34 heavy (non-hydrogen) atoms. The third-order valence-electron chi connectivity index (χ3n) is 7.26. The number of nitrogens with zero attached hydrogens (tertiary/aromatic N) is 3. The molecule has 4 aromatic rings. The van der Waals surface area contributed by atoms with Gasteiger partial charge in [0.25, 0.3) is 11.8 Å². The highest BCUT2D eigenvalue weighted by Crippen LogP contribution is 2.37. The molecular formula is C28H28N4O2. The van der Waals surface area contributed by atoms with Crippen LogP contribution in [-0.2, 0) is 29.6 Å². The van der Waals surface area contributed by atoms with Gasteiger partial charge in [-0.2, -0.15) is 0 Å². The van der Waals surface area contributed by atoms with Crippen molar-refractivity contribution in [3.05, 3.63) is 71.5 Å². The van der Waals surface area contributed by atoms with Crippen LogP contribution in [-0.4, -0.2) is 46.5 Å². The SMILES string of the molecule is CN(C)CC1CCn2c(cc3ccc(C4=C(c5cn(C)c6ccccc56)C(=O)NC4=O)cc32)C1. The molecule has 6 rings (SSSR count). The highest BCUT2D eigenvalue weighted by molar-refractivity contribution is 6.50. The lowest BCUT2D eigenvalue weighted by molar-refractivity contribution is -0.122. The zero-order valence-corrected chi connectivity index (χ0v) is 19.8. The number of amides is 2. The van der Waals surface area contributed by atoms with E-state index in [9.17, 15) is 9.59 Å². The van der Waals surface area contributed by atoms with Gasteiger partial charge in [-0.15, -0.1) is 0 Å². The monoisotopic (exact) mass is 452 g/mol. The van der Waals surface area contributed by atoms with Crippen molar-refractivity contribution in [2.75, 3.05) is 20.6 Å². The summed E-state index contributed by atoms with van der Waals surface area (Å²) in [5.41, 5.74) is 6.00. The minimum absolute atomic E-state index is 0.330. The van der Waals surface area contributed by atoms with Crippen LogP contribution in [0.5, 0.6) is 0 Å². The van der Waals surface area contributed by atoms with E-state index >= 15 is 0 Å². The van der Waals surface area contributed by atoms with Crippen molar-refractivity contribution in [2.45, 2.75) is 19.4 Å². The van der Waals surface area contributed by atoms with Gasteiger partial charge < -0.3 is 14.0 Å². The van der Waals surface area contributed by atoms with Gasteiger partial charge in [0, 0.05) is 54.0 Å². The molecule has 6 nitrogen and oxygen atoms in total. The molecule has 0 fully saturated rings. The van der Waals surface area contributed by atoms with Crippen molar-refractivity contribution in [3.8, 4) is 0 Å². The molecule has 0 saturated heterocycles. The normalized spacial score (nSPS) is 18.4. The summed E-state index contributed by atoms with van der Waals surface area (Å²) in [5, 5.41) is 4.69. The number of carbonyl (C=O) groups excluding carboxylic acids is 2. The van der Waals surface area contributed by atoms with Crippen molar-refractivity contribution in [1.29, 1.82) is 0 Å². The second-order valence-electron chi connectivity index (χ2n) is 9.89. The molecule has 1 unspecified atom stereocenters. The number of nitrogens with one attached hydrogen (secondary N) is 1. The number of aryl methyl sites for hydroxylation is 2. The standard InChI is InChI=1S/C28H28N4O2/c1-30(2)15-17-10-11-32-20(12-17)13-18-8-9-19(14-24(18)32)25-26(28(34)29-27(25)33)22-16-31(3)23-7-5-4-6-21(22)23/h4-9,13-14,16-17H,10-12,15H2,1-3H3,(H,29,33,34). The molecule has 0 spiro atoms. The van der Waals surface area contributed by atoms with Crippen molar-refractivity contribution >= 4 is 44.8 Å². The molecule has 2 amide bonds. The van der Waals surface area contributed by atoms with Gasteiger partial charge in [0.2, 0.25) is 0 Å². The van der Waals surface area contributed by atoms with E-state index in [2.05, 4.69) is 47.1 Å². The Bertz CT molecular complexity index is 1520. The van der Waals surface area contributed by atoms with Crippen LogP contribution in [0, 0.1) is 5.92 Å². The van der Waals surface area contributed by atoms with E-state index in [0.29, 0.717) is 17.1 Å². The summed E-state index contributed by atoms with van der Waals surface area (Å²) in [6.45, 7) is 2.07. The van der Waals surface area contributed by atoms with Gasteiger partial charge in [-0.3, -0.25) is 14.9 Å². The van der Waals surface area contributed by atoms with Crippen molar-refractivity contribution in [3.63, 3.8) is 0 Å². The Morgan fingerprint density at radius 1 is 1.00 bits per heavy atom. The van der Waals surface area contributed by atoms with E-state index in [1.54, 1.807) is 0 Å². The molecule has 1 N–H and O–H groups in total. The quantitative estimate of drug-likeness (QED) is 0.479. The smallest absolute Gasteiger partial charge is 0.259 e. The Balaban J connectivity index is 1.49. The first kappa shape index (κ1) is 20.9. The molecular weight excluding hydrogens is 424 g/mol. The highest BCUT2D eigenvalue weighted by atomic mass is 16.2. The predicted octanol–water partition coefficient (Wildman–Crippen LogP) is 3.82. The van der Waals surface area contributed by atoms with Crippen LogP contribution in [0.15, 0.2) is 54.7 Å². The molecule has 4 heterocycles. The number of imide groups is 1. The van der Waals surface area contributed by atoms with Gasteiger partial charge in [-0.25, -0.2) is 0 Å². The van der Waals surface area contributed by atoms with Crippen LogP contribution in [0.2, 0.25) is 0 Å². The van der Waals surface area contributed by atoms with Crippen molar-refractivity contribution in [2.24, 2.45) is 13.0 Å². The topological polar surface area (TPSA) is 59.3 Å². The van der Waals surface area contributed by atoms with E-state index in [-0.39, 0.29) is 11.8 Å². The van der Waals surface area contributed by atoms with E-state index in [4.69, 9.17) is 0 Å². The fourth-order valence-corrected chi connectivity index (χ4v) is 5.81. The predicted molar refractivity (Wildman–Crippen MR) is 135 cm³/mol. The molecule has 1 atom stereocenters. The molecule has 172 valence electrons. The fourth-order valence-electron chi connectivity index (χ4n) is 5.81. The Morgan fingerprint density at radius 3 is 2.62 bits per heavy atom. The zero-order valence-electron chi connectivity index (χ0n) is 19.8. The molecule has 0 saturated carbocycles. The second-order valence-corrected chi connectivity index (χ2v) is 9.89. The fraction of sp³-hybridized carbons (Fsp3) is 0.286. The highest BCUT2D eigenvalue weighted by Gasteiger charge is 2.34. The first-order valence-corrected chi connectivity index (χ1v) is 11.8. The molecule has 0 bridgehead atoms. The van der Waals surface area contributed by atoms with Crippen LogP contribution in [0.4, 0.5) is 0 Å². The minimum atomic E-state index is -0.333. The maximum absolute atomic E-state index is 13.0. The van der Waals surface area contributed by atoms with Gasteiger partial charge in [0.05, 0.1) is 11.1 Å². The lowest BCUT2D eigenvalue weighted by Crippen LogP contribution is -2.28. The van der Waals surface area contributed by atoms with Gasteiger partial charge in [0.1, 0.15) is 0 Å². The maximum atomic E-state index is 13.0. The van der Waals surface area contributed by atoms with Gasteiger partial charge in [-0.05, 0) is 62.0 Å². The molecule has 0 aliphatic carbocycles. The minimum Gasteiger partial charge on any atom is -0.350 e. The zero-order chi connectivity index (χ0) is 23.6. The number of hydrogen-bond acceptors (Lipinski definition) is 3. The number of aromatic nitrogens is 2. The van der Waals surface area contributed by atoms with Crippen LogP contribution in [0.25, 0.3) is 33.0 Å². The molecule has 0 radical (unpaired) electrons. The van der Waals surface area contributed by atoms with E-state index in [1.807, 2.05) is 48.1 Å². The van der Waals surface area contributed by atoms with Crippen LogP contribution >= 0.6 is 0 Å². The number of hydrogen-bond donors (Lipinski definition) is 1. The first-order chi connectivity index (χ1) is 16.4. The number of rotatable bonds is 4. The average Bonchev–Trinajstić information content (AvgIpc) is 3.43. The number of carbonyl (C=O) groups is 2. The summed E-state index contributed by atoms with van der Waals surface area (Å²) >= 11 is 0. The summed E-state index contributed by atoms with van der Waals surface area (Å²) in [5.74, 6) is -0.00546. The van der Waals surface area contributed by atoms with Gasteiger partial charge >= 0.3 is 0 Å². The van der Waals surface area contributed by atoms with Crippen molar-refractivity contribution < 1.29 is 9.59 Å². The molecule has 2 aliphatic rings. The number of para-hydroxylation sites is 1. The summed E-state index contributed by atoms with van der Waals surface area (Å²) < 4.78 is 4.39. The third-order valence-corrected chi connectivity index (χ3v) is 7.26. The van der Waals surface area contributed by atoms with Gasteiger partial charge in [0.15, 0.2) is 0 Å². The lowest BCUT2D eigenvalue weighted by Gasteiger charge is -2.27. The lowest BCUT2D eigenvalue weighted by atomic mass is 9.95.